The van der Waals surface area contributed by atoms with Gasteiger partial charge in [0.15, 0.2) is 0 Å². The van der Waals surface area contributed by atoms with Crippen LogP contribution in [0.4, 0.5) is 5.95 Å². The van der Waals surface area contributed by atoms with Gasteiger partial charge in [-0.2, -0.15) is 0 Å². The van der Waals surface area contributed by atoms with Crippen molar-refractivity contribution in [2.45, 2.75) is 12.8 Å². The molecule has 134 valence electrons. The van der Waals surface area contributed by atoms with Gasteiger partial charge < -0.3 is 14.8 Å². The SMILES string of the molecule is O=C(Cc1cccc(Br)c1)N1CCCN(c2nc3ccccc3[nH]2)CC1. The molecule has 2 aromatic carbocycles. The molecular formula is C20H21BrN4O. The molecule has 3 aromatic rings. The van der Waals surface area contributed by atoms with Crippen molar-refractivity contribution >= 4 is 38.8 Å². The largest absolute Gasteiger partial charge is 0.341 e. The number of imidazole rings is 1. The summed E-state index contributed by atoms with van der Waals surface area (Å²) in [5.41, 5.74) is 3.08. The van der Waals surface area contributed by atoms with Crippen LogP contribution < -0.4 is 4.90 Å². The third-order valence-electron chi connectivity index (χ3n) is 4.77. The number of anilines is 1. The van der Waals surface area contributed by atoms with Crippen LogP contribution in [0, 0.1) is 0 Å². The summed E-state index contributed by atoms with van der Waals surface area (Å²) in [5, 5.41) is 0. The zero-order valence-corrected chi connectivity index (χ0v) is 16.1. The van der Waals surface area contributed by atoms with Gasteiger partial charge in [-0.1, -0.05) is 40.2 Å². The summed E-state index contributed by atoms with van der Waals surface area (Å²) in [5.74, 6) is 1.09. The molecule has 0 saturated carbocycles. The van der Waals surface area contributed by atoms with Gasteiger partial charge in [-0.25, -0.2) is 4.98 Å². The minimum Gasteiger partial charge on any atom is -0.341 e. The number of rotatable bonds is 3. The molecule has 0 unspecified atom stereocenters. The van der Waals surface area contributed by atoms with Gasteiger partial charge in [-0.3, -0.25) is 4.79 Å². The summed E-state index contributed by atoms with van der Waals surface area (Å²) in [6.07, 6.45) is 1.39. The number of fused-ring (bicyclic) bond motifs is 1. The number of H-pyrrole nitrogens is 1. The average molecular weight is 413 g/mol. The first-order valence-corrected chi connectivity index (χ1v) is 9.70. The van der Waals surface area contributed by atoms with E-state index in [1.807, 2.05) is 53.4 Å². The van der Waals surface area contributed by atoms with Gasteiger partial charge in [0.1, 0.15) is 0 Å². The van der Waals surface area contributed by atoms with Crippen LogP contribution in [0.3, 0.4) is 0 Å². The number of aromatic amines is 1. The summed E-state index contributed by atoms with van der Waals surface area (Å²) >= 11 is 3.47. The third kappa shape index (κ3) is 3.75. The first-order chi connectivity index (χ1) is 12.7. The van der Waals surface area contributed by atoms with Crippen LogP contribution in [0.1, 0.15) is 12.0 Å². The van der Waals surface area contributed by atoms with Gasteiger partial charge in [0.05, 0.1) is 17.5 Å². The van der Waals surface area contributed by atoms with E-state index in [2.05, 4.69) is 30.8 Å². The normalized spacial score (nSPS) is 15.3. The fraction of sp³-hybridized carbons (Fsp3) is 0.300. The highest BCUT2D eigenvalue weighted by atomic mass is 79.9. The molecule has 6 heteroatoms. The van der Waals surface area contributed by atoms with E-state index in [0.29, 0.717) is 6.42 Å². The van der Waals surface area contributed by atoms with Crippen molar-refractivity contribution in [3.8, 4) is 0 Å². The smallest absolute Gasteiger partial charge is 0.227 e. The molecule has 26 heavy (non-hydrogen) atoms. The number of halogens is 1. The quantitative estimate of drug-likeness (QED) is 0.714. The number of carbonyl (C=O) groups is 1. The van der Waals surface area contributed by atoms with Crippen LogP contribution in [-0.2, 0) is 11.2 Å². The van der Waals surface area contributed by atoms with Gasteiger partial charge in [0, 0.05) is 30.7 Å². The predicted octanol–water partition coefficient (Wildman–Crippen LogP) is 3.61. The molecule has 0 spiro atoms. The molecule has 1 amide bonds. The van der Waals surface area contributed by atoms with E-state index in [-0.39, 0.29) is 5.91 Å². The lowest BCUT2D eigenvalue weighted by atomic mass is 10.1. The molecule has 0 aliphatic carbocycles. The van der Waals surface area contributed by atoms with E-state index >= 15 is 0 Å². The maximum atomic E-state index is 12.7. The van der Waals surface area contributed by atoms with Crippen molar-refractivity contribution in [1.82, 2.24) is 14.9 Å². The maximum Gasteiger partial charge on any atom is 0.227 e. The number of hydrogen-bond acceptors (Lipinski definition) is 3. The van der Waals surface area contributed by atoms with Crippen molar-refractivity contribution in [3.05, 3.63) is 58.6 Å². The summed E-state index contributed by atoms with van der Waals surface area (Å²) in [7, 11) is 0. The molecule has 1 fully saturated rings. The Morgan fingerprint density at radius 2 is 1.96 bits per heavy atom. The lowest BCUT2D eigenvalue weighted by Crippen LogP contribution is -2.36. The summed E-state index contributed by atoms with van der Waals surface area (Å²) in [4.78, 5) is 25.0. The van der Waals surface area contributed by atoms with Crippen LogP contribution in [-0.4, -0.2) is 47.0 Å². The molecule has 0 atom stereocenters. The van der Waals surface area contributed by atoms with Gasteiger partial charge in [0.2, 0.25) is 11.9 Å². The average Bonchev–Trinajstić information content (AvgIpc) is 2.90. The first kappa shape index (κ1) is 17.1. The van der Waals surface area contributed by atoms with Crippen molar-refractivity contribution in [2.24, 2.45) is 0 Å². The van der Waals surface area contributed by atoms with Gasteiger partial charge in [-0.15, -0.1) is 0 Å². The van der Waals surface area contributed by atoms with E-state index in [1.165, 1.54) is 0 Å². The predicted molar refractivity (Wildman–Crippen MR) is 107 cm³/mol. The molecule has 4 rings (SSSR count). The van der Waals surface area contributed by atoms with Crippen molar-refractivity contribution < 1.29 is 4.79 Å². The standard InChI is InChI=1S/C20H21BrN4O/c21-16-6-3-5-15(13-16)14-19(26)24-9-4-10-25(12-11-24)20-22-17-7-1-2-8-18(17)23-20/h1-3,5-8,13H,4,9-12,14H2,(H,22,23). The molecule has 0 bridgehead atoms. The molecule has 0 radical (unpaired) electrons. The summed E-state index contributed by atoms with van der Waals surface area (Å²) < 4.78 is 1.01. The molecule has 1 aliphatic rings. The Hall–Kier alpha value is -2.34. The lowest BCUT2D eigenvalue weighted by molar-refractivity contribution is -0.130. The van der Waals surface area contributed by atoms with Crippen LogP contribution in [0.5, 0.6) is 0 Å². The highest BCUT2D eigenvalue weighted by Crippen LogP contribution is 2.19. The van der Waals surface area contributed by atoms with Gasteiger partial charge in [-0.05, 0) is 36.2 Å². The number of nitrogens with one attached hydrogen (secondary N) is 1. The highest BCUT2D eigenvalue weighted by molar-refractivity contribution is 9.10. The molecule has 1 aromatic heterocycles. The Balaban J connectivity index is 1.42. The number of para-hydroxylation sites is 2. The molecule has 1 aliphatic heterocycles. The Morgan fingerprint density at radius 3 is 2.81 bits per heavy atom. The zero-order chi connectivity index (χ0) is 17.9. The second-order valence-corrected chi connectivity index (χ2v) is 7.52. The molecule has 1 N–H and O–H groups in total. The third-order valence-corrected chi connectivity index (χ3v) is 5.26. The highest BCUT2D eigenvalue weighted by Gasteiger charge is 2.21. The number of hydrogen-bond donors (Lipinski definition) is 1. The number of aromatic nitrogens is 2. The van der Waals surface area contributed by atoms with Crippen molar-refractivity contribution in [3.63, 3.8) is 0 Å². The maximum absolute atomic E-state index is 12.7. The van der Waals surface area contributed by atoms with Crippen LogP contribution in [0.15, 0.2) is 53.0 Å². The molecule has 2 heterocycles. The lowest BCUT2D eigenvalue weighted by Gasteiger charge is -2.22. The molecule has 5 nitrogen and oxygen atoms in total. The van der Waals surface area contributed by atoms with E-state index < -0.39 is 0 Å². The topological polar surface area (TPSA) is 52.2 Å². The molecule has 1 saturated heterocycles. The summed E-state index contributed by atoms with van der Waals surface area (Å²) in [6.45, 7) is 3.22. The second-order valence-electron chi connectivity index (χ2n) is 6.61. The Morgan fingerprint density at radius 1 is 1.08 bits per heavy atom. The van der Waals surface area contributed by atoms with Crippen LogP contribution >= 0.6 is 15.9 Å². The van der Waals surface area contributed by atoms with Crippen LogP contribution in [0.25, 0.3) is 11.0 Å². The fourth-order valence-electron chi connectivity index (χ4n) is 3.40. The zero-order valence-electron chi connectivity index (χ0n) is 14.5. The Bertz CT molecular complexity index is 890. The van der Waals surface area contributed by atoms with Crippen molar-refractivity contribution in [1.29, 1.82) is 0 Å². The molecular weight excluding hydrogens is 392 g/mol. The monoisotopic (exact) mass is 412 g/mol. The van der Waals surface area contributed by atoms with Gasteiger partial charge in [0.25, 0.3) is 0 Å². The second kappa shape index (κ2) is 7.50. The van der Waals surface area contributed by atoms with E-state index in [0.717, 1.165) is 59.6 Å². The number of amides is 1. The Labute approximate surface area is 161 Å². The number of benzene rings is 2. The van der Waals surface area contributed by atoms with Gasteiger partial charge >= 0.3 is 0 Å². The fourth-order valence-corrected chi connectivity index (χ4v) is 3.85. The summed E-state index contributed by atoms with van der Waals surface area (Å²) in [6, 6.07) is 16.0. The minimum atomic E-state index is 0.189. The van der Waals surface area contributed by atoms with E-state index in [9.17, 15) is 4.79 Å². The first-order valence-electron chi connectivity index (χ1n) is 8.91. The van der Waals surface area contributed by atoms with E-state index in [1.54, 1.807) is 0 Å². The number of nitrogens with zero attached hydrogens (tertiary/aromatic N) is 3. The minimum absolute atomic E-state index is 0.189. The Kier molecular flexibility index (Phi) is 4.93. The van der Waals surface area contributed by atoms with Crippen molar-refractivity contribution in [2.75, 3.05) is 31.1 Å². The number of carbonyl (C=O) groups excluding carboxylic acids is 1. The van der Waals surface area contributed by atoms with Crippen LogP contribution in [0.2, 0.25) is 0 Å². The van der Waals surface area contributed by atoms with E-state index in [4.69, 9.17) is 0 Å².